The van der Waals surface area contributed by atoms with Gasteiger partial charge in [-0.2, -0.15) is 11.8 Å². The molecule has 1 fully saturated rings. The summed E-state index contributed by atoms with van der Waals surface area (Å²) in [4.78, 5) is 25.5. The molecule has 0 saturated carbocycles. The second kappa shape index (κ2) is 11.9. The number of rotatable bonds is 9. The van der Waals surface area contributed by atoms with Crippen LogP contribution in [0.5, 0.6) is 0 Å². The summed E-state index contributed by atoms with van der Waals surface area (Å²) in [7, 11) is 0. The largest absolute Gasteiger partial charge is 0.381 e. The molecule has 166 valence electrons. The predicted molar refractivity (Wildman–Crippen MR) is 127 cm³/mol. The van der Waals surface area contributed by atoms with Crippen LogP contribution in [-0.2, 0) is 20.1 Å². The highest BCUT2D eigenvalue weighted by atomic mass is 32.2. The number of nitrogens with one attached hydrogen (secondary N) is 2. The molecule has 0 bridgehead atoms. The Bertz CT molecular complexity index is 851. The normalized spacial score (nSPS) is 15.5. The van der Waals surface area contributed by atoms with Crippen molar-refractivity contribution in [2.24, 2.45) is 5.92 Å². The first kappa shape index (κ1) is 23.4. The Balaban J connectivity index is 1.65. The quantitative estimate of drug-likeness (QED) is 0.579. The van der Waals surface area contributed by atoms with E-state index in [1.54, 1.807) is 0 Å². The third kappa shape index (κ3) is 7.71. The molecule has 2 N–H and O–H groups in total. The van der Waals surface area contributed by atoms with Gasteiger partial charge in [0.25, 0.3) is 5.91 Å². The fourth-order valence-corrected chi connectivity index (χ4v) is 4.68. The number of thioether (sulfide) groups is 1. The minimum atomic E-state index is -0.729. The molecular formula is C25H32N2O3S. The first-order valence-corrected chi connectivity index (χ1v) is 12.0. The lowest BCUT2D eigenvalue weighted by molar-refractivity contribution is -0.127. The summed E-state index contributed by atoms with van der Waals surface area (Å²) >= 11 is 1.95. The zero-order valence-corrected chi connectivity index (χ0v) is 19.1. The van der Waals surface area contributed by atoms with Gasteiger partial charge >= 0.3 is 0 Å². The molecule has 1 unspecified atom stereocenters. The smallest absolute Gasteiger partial charge is 0.251 e. The lowest BCUT2D eigenvalue weighted by Crippen LogP contribution is -2.37. The second-order valence-corrected chi connectivity index (χ2v) is 9.61. The van der Waals surface area contributed by atoms with Gasteiger partial charge in [-0.25, -0.2) is 0 Å². The summed E-state index contributed by atoms with van der Waals surface area (Å²) in [5.74, 6) is 0.768. The van der Waals surface area contributed by atoms with E-state index in [1.165, 1.54) is 5.56 Å². The van der Waals surface area contributed by atoms with Crippen molar-refractivity contribution in [2.45, 2.75) is 50.2 Å². The number of amides is 2. The van der Waals surface area contributed by atoms with Crippen molar-refractivity contribution in [3.63, 3.8) is 0 Å². The van der Waals surface area contributed by atoms with Gasteiger partial charge in [0, 0.05) is 36.3 Å². The van der Waals surface area contributed by atoms with Gasteiger partial charge in [-0.15, -0.1) is 0 Å². The summed E-state index contributed by atoms with van der Waals surface area (Å²) < 4.78 is 5.43. The Labute approximate surface area is 189 Å². The lowest BCUT2D eigenvalue weighted by atomic mass is 10.0. The van der Waals surface area contributed by atoms with Gasteiger partial charge in [-0.1, -0.05) is 56.3 Å². The minimum Gasteiger partial charge on any atom is -0.381 e. The summed E-state index contributed by atoms with van der Waals surface area (Å²) in [5, 5.41) is 6.53. The highest BCUT2D eigenvalue weighted by Crippen LogP contribution is 2.27. The van der Waals surface area contributed by atoms with Crippen molar-refractivity contribution >= 4 is 29.3 Å². The van der Waals surface area contributed by atoms with Crippen molar-refractivity contribution in [1.29, 1.82) is 0 Å². The summed E-state index contributed by atoms with van der Waals surface area (Å²) in [5.41, 5.74) is 2.69. The molecule has 31 heavy (non-hydrogen) atoms. The zero-order chi connectivity index (χ0) is 22.1. The van der Waals surface area contributed by atoms with Gasteiger partial charge < -0.3 is 15.4 Å². The highest BCUT2D eigenvalue weighted by molar-refractivity contribution is 7.99. The number of benzene rings is 2. The van der Waals surface area contributed by atoms with Crippen LogP contribution in [0.2, 0.25) is 0 Å². The van der Waals surface area contributed by atoms with Crippen LogP contribution in [-0.4, -0.2) is 30.3 Å². The number of hydrogen-bond acceptors (Lipinski definition) is 4. The number of hydrogen-bond donors (Lipinski definition) is 2. The Morgan fingerprint density at radius 2 is 1.81 bits per heavy atom. The first-order valence-electron chi connectivity index (χ1n) is 10.9. The molecule has 1 heterocycles. The topological polar surface area (TPSA) is 67.4 Å². The molecule has 1 saturated heterocycles. The van der Waals surface area contributed by atoms with Crippen LogP contribution >= 0.6 is 11.8 Å². The molecule has 5 nitrogen and oxygen atoms in total. The summed E-state index contributed by atoms with van der Waals surface area (Å²) in [6.45, 7) is 5.66. The molecule has 3 rings (SSSR count). The lowest BCUT2D eigenvalue weighted by Gasteiger charge is -2.21. The Kier molecular flexibility index (Phi) is 8.98. The molecule has 0 aliphatic carbocycles. The molecule has 2 aromatic carbocycles. The first-order chi connectivity index (χ1) is 15.0. The average Bonchev–Trinajstić information content (AvgIpc) is 2.77. The third-order valence-electron chi connectivity index (χ3n) is 5.14. The minimum absolute atomic E-state index is 0.124. The van der Waals surface area contributed by atoms with E-state index in [0.29, 0.717) is 11.7 Å². The Morgan fingerprint density at radius 3 is 2.52 bits per heavy atom. The maximum atomic E-state index is 13.1. The number of carbonyl (C=O) groups is 2. The van der Waals surface area contributed by atoms with Crippen LogP contribution in [0.3, 0.4) is 0 Å². The van der Waals surface area contributed by atoms with Crippen LogP contribution in [0, 0.1) is 5.92 Å². The fourth-order valence-electron chi connectivity index (χ4n) is 3.55. The molecule has 1 aliphatic heterocycles. The van der Waals surface area contributed by atoms with Crippen LogP contribution in [0.1, 0.15) is 50.3 Å². The van der Waals surface area contributed by atoms with E-state index >= 15 is 0 Å². The van der Waals surface area contributed by atoms with Gasteiger partial charge in [-0.05, 0) is 42.0 Å². The van der Waals surface area contributed by atoms with E-state index in [2.05, 4.69) is 16.7 Å². The summed E-state index contributed by atoms with van der Waals surface area (Å²) in [6.07, 6.45) is 2.57. The van der Waals surface area contributed by atoms with E-state index in [-0.39, 0.29) is 17.7 Å². The Hall–Kier alpha value is -2.31. The van der Waals surface area contributed by atoms with E-state index in [1.807, 2.05) is 74.1 Å². The van der Waals surface area contributed by atoms with Crippen molar-refractivity contribution in [2.75, 3.05) is 18.5 Å². The molecule has 2 amide bonds. The number of carbonyl (C=O) groups excluding carboxylic acids is 2. The van der Waals surface area contributed by atoms with Crippen molar-refractivity contribution in [1.82, 2.24) is 5.32 Å². The maximum absolute atomic E-state index is 13.1. The zero-order valence-electron chi connectivity index (χ0n) is 18.3. The van der Waals surface area contributed by atoms with Crippen molar-refractivity contribution < 1.29 is 14.3 Å². The SMILES string of the molecule is CC(C)CC(=O)NC(C(=O)Nc1cccc(CSC2CCOCC2)c1)c1ccccc1. The van der Waals surface area contributed by atoms with Gasteiger partial charge in [0.05, 0.1) is 0 Å². The molecule has 1 atom stereocenters. The average molecular weight is 441 g/mol. The molecule has 0 spiro atoms. The van der Waals surface area contributed by atoms with E-state index < -0.39 is 6.04 Å². The molecule has 2 aromatic rings. The van der Waals surface area contributed by atoms with E-state index in [0.717, 1.165) is 43.1 Å². The molecule has 0 aromatic heterocycles. The fraction of sp³-hybridized carbons (Fsp3) is 0.440. The van der Waals surface area contributed by atoms with E-state index in [4.69, 9.17) is 4.74 Å². The van der Waals surface area contributed by atoms with Crippen LogP contribution in [0.25, 0.3) is 0 Å². The number of anilines is 1. The monoisotopic (exact) mass is 440 g/mol. The molecule has 0 radical (unpaired) electrons. The predicted octanol–water partition coefficient (Wildman–Crippen LogP) is 4.94. The van der Waals surface area contributed by atoms with Crippen LogP contribution < -0.4 is 10.6 Å². The van der Waals surface area contributed by atoms with Gasteiger partial charge in [0.1, 0.15) is 6.04 Å². The van der Waals surface area contributed by atoms with E-state index in [9.17, 15) is 9.59 Å². The van der Waals surface area contributed by atoms with Gasteiger partial charge in [-0.3, -0.25) is 9.59 Å². The highest BCUT2D eigenvalue weighted by Gasteiger charge is 2.23. The number of ether oxygens (including phenoxy) is 1. The standard InChI is InChI=1S/C25H32N2O3S/c1-18(2)15-23(28)27-24(20-8-4-3-5-9-20)25(29)26-21-10-6-7-19(16-21)17-31-22-11-13-30-14-12-22/h3-10,16,18,22,24H,11-15,17H2,1-2H3,(H,26,29)(H,27,28). The molecule has 6 heteroatoms. The van der Waals surface area contributed by atoms with Crippen LogP contribution in [0.4, 0.5) is 5.69 Å². The molecule has 1 aliphatic rings. The van der Waals surface area contributed by atoms with Gasteiger partial charge in [0.2, 0.25) is 5.91 Å². The van der Waals surface area contributed by atoms with Crippen molar-refractivity contribution in [3.05, 3.63) is 65.7 Å². The van der Waals surface area contributed by atoms with Gasteiger partial charge in [0.15, 0.2) is 0 Å². The van der Waals surface area contributed by atoms with Crippen LogP contribution in [0.15, 0.2) is 54.6 Å². The second-order valence-electron chi connectivity index (χ2n) is 8.32. The Morgan fingerprint density at radius 1 is 1.06 bits per heavy atom. The van der Waals surface area contributed by atoms with Crippen molar-refractivity contribution in [3.8, 4) is 0 Å². The molecular weight excluding hydrogens is 408 g/mol. The third-order valence-corrected chi connectivity index (χ3v) is 6.59. The maximum Gasteiger partial charge on any atom is 0.251 e. The summed E-state index contributed by atoms with van der Waals surface area (Å²) in [6, 6.07) is 16.6.